The van der Waals surface area contributed by atoms with E-state index in [9.17, 15) is 9.59 Å². The summed E-state index contributed by atoms with van der Waals surface area (Å²) < 4.78 is 13.1. The molecular weight excluding hydrogens is 598 g/mol. The Morgan fingerprint density at radius 3 is 2.33 bits per heavy atom. The molecule has 0 spiro atoms. The van der Waals surface area contributed by atoms with E-state index in [2.05, 4.69) is 21.7 Å². The van der Waals surface area contributed by atoms with Gasteiger partial charge in [-0.2, -0.15) is 0 Å². The number of aromatic nitrogens is 3. The van der Waals surface area contributed by atoms with E-state index in [-0.39, 0.29) is 17.9 Å². The highest BCUT2D eigenvalue weighted by Crippen LogP contribution is 2.29. The molecule has 3 aromatic carbocycles. The number of carbonyl (C=O) groups excluding carboxylic acids is 2. The molecule has 0 saturated carbocycles. The summed E-state index contributed by atoms with van der Waals surface area (Å²) >= 11 is 1.64. The quantitative estimate of drug-likeness (QED) is 0.111. The second-order valence-corrected chi connectivity index (χ2v) is 12.5. The predicted molar refractivity (Wildman–Crippen MR) is 182 cm³/mol. The van der Waals surface area contributed by atoms with Crippen molar-refractivity contribution in [3.05, 3.63) is 84.4 Å². The zero-order valence-electron chi connectivity index (χ0n) is 26.9. The van der Waals surface area contributed by atoms with Crippen LogP contribution >= 0.6 is 11.8 Å². The highest BCUT2D eigenvalue weighted by atomic mass is 32.2. The van der Waals surface area contributed by atoms with E-state index < -0.39 is 0 Å². The third kappa shape index (κ3) is 8.28. The van der Waals surface area contributed by atoms with Crippen molar-refractivity contribution in [3.63, 3.8) is 0 Å². The minimum absolute atomic E-state index is 0.00496. The molecule has 9 nitrogen and oxygen atoms in total. The van der Waals surface area contributed by atoms with Crippen molar-refractivity contribution in [2.24, 2.45) is 0 Å². The minimum Gasteiger partial charge on any atom is -0.497 e. The Morgan fingerprint density at radius 1 is 0.891 bits per heavy atom. The second-order valence-electron chi connectivity index (χ2n) is 11.4. The Hall–Kier alpha value is -4.31. The maximum Gasteiger partial charge on any atom is 0.254 e. The number of hydrogen-bond donors (Lipinski definition) is 0. The summed E-state index contributed by atoms with van der Waals surface area (Å²) in [6.07, 6.45) is 4.23. The van der Waals surface area contributed by atoms with E-state index in [4.69, 9.17) is 9.47 Å². The Balaban J connectivity index is 1.10. The molecule has 46 heavy (non-hydrogen) atoms. The minimum atomic E-state index is -0.0515. The van der Waals surface area contributed by atoms with Crippen molar-refractivity contribution in [1.82, 2.24) is 24.6 Å². The van der Waals surface area contributed by atoms with E-state index in [1.807, 2.05) is 95.6 Å². The van der Waals surface area contributed by atoms with Crippen LogP contribution in [0.2, 0.25) is 0 Å². The van der Waals surface area contributed by atoms with E-state index in [0.29, 0.717) is 38.2 Å². The number of benzene rings is 3. The first-order valence-electron chi connectivity index (χ1n) is 16.1. The molecule has 2 amide bonds. The van der Waals surface area contributed by atoms with E-state index in [0.717, 1.165) is 65.2 Å². The maximum atomic E-state index is 13.2. The van der Waals surface area contributed by atoms with Gasteiger partial charge in [0.2, 0.25) is 5.91 Å². The molecule has 0 aliphatic carbocycles. The Labute approximate surface area is 275 Å². The SMILES string of the molecule is CCCCOc1ccc(C(=O)N2CCN(C(=O)CCCCSc3nnc(-c4ccccc4)n3-c3ccc(OC)cc3)CC2C)cc1. The van der Waals surface area contributed by atoms with Gasteiger partial charge in [0.15, 0.2) is 11.0 Å². The fraction of sp³-hybridized carbons (Fsp3) is 0.389. The lowest BCUT2D eigenvalue weighted by molar-refractivity contribution is -0.133. The van der Waals surface area contributed by atoms with Gasteiger partial charge >= 0.3 is 0 Å². The molecule has 242 valence electrons. The van der Waals surface area contributed by atoms with Gasteiger partial charge in [0.1, 0.15) is 11.5 Å². The van der Waals surface area contributed by atoms with Crippen molar-refractivity contribution in [2.75, 3.05) is 39.1 Å². The third-order valence-electron chi connectivity index (χ3n) is 8.12. The lowest BCUT2D eigenvalue weighted by atomic mass is 10.1. The van der Waals surface area contributed by atoms with Crippen LogP contribution in [0.3, 0.4) is 0 Å². The normalized spacial score (nSPS) is 14.7. The molecule has 0 N–H and O–H groups in total. The number of rotatable bonds is 14. The van der Waals surface area contributed by atoms with Crippen LogP contribution in [-0.2, 0) is 4.79 Å². The molecule has 4 aromatic rings. The smallest absolute Gasteiger partial charge is 0.254 e. The largest absolute Gasteiger partial charge is 0.497 e. The zero-order valence-corrected chi connectivity index (χ0v) is 27.7. The number of piperazine rings is 1. The number of thioether (sulfide) groups is 1. The van der Waals surface area contributed by atoms with Gasteiger partial charge in [0.05, 0.1) is 13.7 Å². The molecule has 1 atom stereocenters. The molecule has 10 heteroatoms. The molecule has 5 rings (SSSR count). The zero-order chi connectivity index (χ0) is 32.3. The lowest BCUT2D eigenvalue weighted by Gasteiger charge is -2.40. The highest BCUT2D eigenvalue weighted by molar-refractivity contribution is 7.99. The average Bonchev–Trinajstić information content (AvgIpc) is 3.52. The maximum absolute atomic E-state index is 13.2. The fourth-order valence-electron chi connectivity index (χ4n) is 5.48. The van der Waals surface area contributed by atoms with Crippen LogP contribution in [0.25, 0.3) is 17.1 Å². The van der Waals surface area contributed by atoms with Gasteiger partial charge in [-0.05, 0) is 74.7 Å². The molecule has 0 bridgehead atoms. The van der Waals surface area contributed by atoms with Crippen LogP contribution in [0.1, 0.15) is 56.3 Å². The topological polar surface area (TPSA) is 89.8 Å². The monoisotopic (exact) mass is 641 g/mol. The summed E-state index contributed by atoms with van der Waals surface area (Å²) in [5.74, 6) is 3.31. The van der Waals surface area contributed by atoms with Crippen LogP contribution in [-0.4, -0.2) is 81.5 Å². The van der Waals surface area contributed by atoms with Crippen molar-refractivity contribution in [2.45, 2.75) is 57.1 Å². The summed E-state index contributed by atoms with van der Waals surface area (Å²) in [5, 5.41) is 9.85. The van der Waals surface area contributed by atoms with Crippen LogP contribution in [0.4, 0.5) is 0 Å². The third-order valence-corrected chi connectivity index (χ3v) is 9.14. The number of unbranched alkanes of at least 4 members (excludes halogenated alkanes) is 2. The van der Waals surface area contributed by atoms with Gasteiger partial charge in [-0.1, -0.05) is 55.4 Å². The first-order chi connectivity index (χ1) is 22.5. The standard InChI is InChI=1S/C36H43N5O4S/c1-4-5-24-45-32-18-14-29(15-19-32)35(43)40-23-22-39(26-27(40)2)33(42)13-9-10-25-46-36-38-37-34(28-11-7-6-8-12-28)41(36)30-16-20-31(44-3)21-17-30/h6-8,11-12,14-21,27H,4-5,9-10,13,22-26H2,1-3H3. The predicted octanol–water partition coefficient (Wildman–Crippen LogP) is 6.76. The first kappa shape index (κ1) is 33.1. The highest BCUT2D eigenvalue weighted by Gasteiger charge is 2.30. The number of amides is 2. The van der Waals surface area contributed by atoms with Gasteiger partial charge in [0, 0.05) is 54.7 Å². The fourth-order valence-corrected chi connectivity index (χ4v) is 6.43. The van der Waals surface area contributed by atoms with Gasteiger partial charge in [-0.15, -0.1) is 10.2 Å². The summed E-state index contributed by atoms with van der Waals surface area (Å²) in [6.45, 7) is 6.45. The van der Waals surface area contributed by atoms with Crippen molar-refractivity contribution in [3.8, 4) is 28.6 Å². The van der Waals surface area contributed by atoms with E-state index in [1.54, 1.807) is 18.9 Å². The van der Waals surface area contributed by atoms with Gasteiger partial charge < -0.3 is 19.3 Å². The molecule has 1 aromatic heterocycles. The van der Waals surface area contributed by atoms with Crippen molar-refractivity contribution >= 4 is 23.6 Å². The molecule has 2 heterocycles. The van der Waals surface area contributed by atoms with Crippen LogP contribution < -0.4 is 9.47 Å². The molecule has 0 radical (unpaired) electrons. The van der Waals surface area contributed by atoms with Gasteiger partial charge in [0.25, 0.3) is 5.91 Å². The molecule has 1 saturated heterocycles. The summed E-state index contributed by atoms with van der Waals surface area (Å²) in [7, 11) is 1.66. The molecule has 1 aliphatic heterocycles. The Kier molecular flexibility index (Phi) is 11.7. The number of methoxy groups -OCH3 is 1. The van der Waals surface area contributed by atoms with Crippen molar-refractivity contribution < 1.29 is 19.1 Å². The van der Waals surface area contributed by atoms with Crippen LogP contribution in [0, 0.1) is 0 Å². The number of hydrogen-bond acceptors (Lipinski definition) is 7. The van der Waals surface area contributed by atoms with Gasteiger partial charge in [-0.3, -0.25) is 14.2 Å². The summed E-state index contributed by atoms with van der Waals surface area (Å²) in [4.78, 5) is 30.1. The number of ether oxygens (including phenoxy) is 2. The average molecular weight is 642 g/mol. The van der Waals surface area contributed by atoms with Crippen LogP contribution in [0.5, 0.6) is 11.5 Å². The first-order valence-corrected chi connectivity index (χ1v) is 17.1. The Bertz CT molecular complexity index is 1560. The molecule has 1 unspecified atom stereocenters. The summed E-state index contributed by atoms with van der Waals surface area (Å²) in [6, 6.07) is 25.2. The Morgan fingerprint density at radius 2 is 1.63 bits per heavy atom. The van der Waals surface area contributed by atoms with Crippen LogP contribution in [0.15, 0.2) is 84.0 Å². The lowest BCUT2D eigenvalue weighted by Crippen LogP contribution is -2.55. The molecular formula is C36H43N5O4S. The molecule has 1 aliphatic rings. The summed E-state index contributed by atoms with van der Waals surface area (Å²) in [5.41, 5.74) is 2.60. The second kappa shape index (κ2) is 16.3. The van der Waals surface area contributed by atoms with Crippen molar-refractivity contribution in [1.29, 1.82) is 0 Å². The van der Waals surface area contributed by atoms with Gasteiger partial charge in [-0.25, -0.2) is 0 Å². The van der Waals surface area contributed by atoms with E-state index in [1.165, 1.54) is 0 Å². The molecule has 1 fully saturated rings. The number of nitrogens with zero attached hydrogens (tertiary/aromatic N) is 5. The number of carbonyl (C=O) groups is 2. The van der Waals surface area contributed by atoms with E-state index >= 15 is 0 Å².